The average molecular weight is 472 g/mol. The molecule has 0 radical (unpaired) electrons. The Labute approximate surface area is 195 Å². The van der Waals surface area contributed by atoms with Crippen LogP contribution >= 0.6 is 11.6 Å². The van der Waals surface area contributed by atoms with Crippen LogP contribution in [0.15, 0.2) is 64.3 Å². The lowest BCUT2D eigenvalue weighted by molar-refractivity contribution is -0.129. The Morgan fingerprint density at radius 2 is 2.00 bits per heavy atom. The fraction of sp³-hybridized carbons (Fsp3) is 0.280. The molecule has 8 heteroatoms. The molecule has 6 nitrogen and oxygen atoms in total. The molecule has 1 N–H and O–H groups in total. The fourth-order valence-corrected chi connectivity index (χ4v) is 4.13. The number of aliphatic hydroxyl groups excluding tert-OH is 1. The van der Waals surface area contributed by atoms with E-state index in [9.17, 15) is 19.1 Å². The van der Waals surface area contributed by atoms with E-state index in [1.807, 2.05) is 13.8 Å². The smallest absolute Gasteiger partial charge is 0.290 e. The van der Waals surface area contributed by atoms with Crippen molar-refractivity contribution in [2.24, 2.45) is 0 Å². The largest absolute Gasteiger partial charge is 0.503 e. The van der Waals surface area contributed by atoms with Crippen molar-refractivity contribution < 1.29 is 28.2 Å². The summed E-state index contributed by atoms with van der Waals surface area (Å²) in [5.74, 6) is -2.81. The molecule has 33 heavy (non-hydrogen) atoms. The van der Waals surface area contributed by atoms with E-state index in [4.69, 9.17) is 20.8 Å². The number of aliphatic hydroxyl groups is 1. The standard InChI is InChI=1S/C25H23ClFNO5/c1-14(2)32-11-5-10-28-22(17-6-3-4-7-18(17)27)21(24(30)25(28)31)23(29)20-13-15-12-16(26)8-9-19(15)33-20/h3-4,6-9,12-14,22,30H,5,10-11H2,1-2H3. The lowest BCUT2D eigenvalue weighted by Crippen LogP contribution is -2.33. The van der Waals surface area contributed by atoms with Gasteiger partial charge >= 0.3 is 0 Å². The summed E-state index contributed by atoms with van der Waals surface area (Å²) in [7, 11) is 0. The van der Waals surface area contributed by atoms with Gasteiger partial charge in [-0.25, -0.2) is 4.39 Å². The number of hydrogen-bond donors (Lipinski definition) is 1. The Kier molecular flexibility index (Phi) is 6.54. The number of ether oxygens (including phenoxy) is 1. The maximum atomic E-state index is 14.8. The van der Waals surface area contributed by atoms with Gasteiger partial charge in [0.05, 0.1) is 17.7 Å². The van der Waals surface area contributed by atoms with E-state index in [-0.39, 0.29) is 29.5 Å². The molecule has 4 rings (SSSR count). The van der Waals surface area contributed by atoms with Crippen LogP contribution in [-0.4, -0.2) is 41.0 Å². The van der Waals surface area contributed by atoms with Crippen LogP contribution in [0.3, 0.4) is 0 Å². The summed E-state index contributed by atoms with van der Waals surface area (Å²) in [6, 6.07) is 11.2. The van der Waals surface area contributed by atoms with Gasteiger partial charge in [0.2, 0.25) is 5.78 Å². The van der Waals surface area contributed by atoms with Gasteiger partial charge in [-0.15, -0.1) is 0 Å². The molecule has 1 aliphatic rings. The maximum absolute atomic E-state index is 14.8. The molecular formula is C25H23ClFNO5. The zero-order valence-electron chi connectivity index (χ0n) is 18.2. The molecule has 1 atom stereocenters. The van der Waals surface area contributed by atoms with Gasteiger partial charge in [0.1, 0.15) is 11.4 Å². The molecule has 1 aromatic heterocycles. The molecule has 2 heterocycles. The minimum atomic E-state index is -1.10. The van der Waals surface area contributed by atoms with Gasteiger partial charge in [-0.1, -0.05) is 29.8 Å². The lowest BCUT2D eigenvalue weighted by Gasteiger charge is -2.27. The Balaban J connectivity index is 1.72. The van der Waals surface area contributed by atoms with Gasteiger partial charge in [0.15, 0.2) is 11.5 Å². The highest BCUT2D eigenvalue weighted by Gasteiger charge is 2.45. The van der Waals surface area contributed by atoms with Crippen LogP contribution in [0.25, 0.3) is 11.0 Å². The van der Waals surface area contributed by atoms with Crippen LogP contribution < -0.4 is 0 Å². The first kappa shape index (κ1) is 23.0. The summed E-state index contributed by atoms with van der Waals surface area (Å²) < 4.78 is 26.0. The fourth-order valence-electron chi connectivity index (χ4n) is 3.95. The minimum absolute atomic E-state index is 0.0203. The predicted molar refractivity (Wildman–Crippen MR) is 122 cm³/mol. The first-order valence-electron chi connectivity index (χ1n) is 10.6. The topological polar surface area (TPSA) is 80.0 Å². The Bertz CT molecular complexity index is 1250. The first-order chi connectivity index (χ1) is 15.8. The number of hydrogen-bond acceptors (Lipinski definition) is 5. The van der Waals surface area contributed by atoms with Crippen molar-refractivity contribution in [3.8, 4) is 0 Å². The van der Waals surface area contributed by atoms with Crippen molar-refractivity contribution in [2.45, 2.75) is 32.4 Å². The Morgan fingerprint density at radius 3 is 2.73 bits per heavy atom. The average Bonchev–Trinajstić information content (AvgIpc) is 3.30. The number of halogens is 2. The molecule has 0 bridgehead atoms. The predicted octanol–water partition coefficient (Wildman–Crippen LogP) is 5.62. The van der Waals surface area contributed by atoms with Crippen LogP contribution in [0.4, 0.5) is 4.39 Å². The van der Waals surface area contributed by atoms with Gasteiger partial charge in [0, 0.05) is 29.1 Å². The molecule has 2 aromatic carbocycles. The summed E-state index contributed by atoms with van der Waals surface area (Å²) in [6.45, 7) is 4.34. The summed E-state index contributed by atoms with van der Waals surface area (Å²) in [4.78, 5) is 27.7. The zero-order chi connectivity index (χ0) is 23.7. The van der Waals surface area contributed by atoms with E-state index >= 15 is 0 Å². The quantitative estimate of drug-likeness (QED) is 0.341. The lowest BCUT2D eigenvalue weighted by atomic mass is 9.94. The molecule has 1 amide bonds. The van der Waals surface area contributed by atoms with Gasteiger partial charge in [-0.05, 0) is 50.6 Å². The minimum Gasteiger partial charge on any atom is -0.503 e. The van der Waals surface area contributed by atoms with Crippen molar-refractivity contribution in [1.29, 1.82) is 0 Å². The second-order valence-corrected chi connectivity index (χ2v) is 8.52. The third-order valence-corrected chi connectivity index (χ3v) is 5.68. The van der Waals surface area contributed by atoms with Crippen LogP contribution in [0.1, 0.15) is 42.4 Å². The van der Waals surface area contributed by atoms with Crippen LogP contribution in [0, 0.1) is 5.82 Å². The van der Waals surface area contributed by atoms with E-state index < -0.39 is 29.3 Å². The van der Waals surface area contributed by atoms with Crippen molar-refractivity contribution >= 4 is 34.3 Å². The third kappa shape index (κ3) is 4.51. The van der Waals surface area contributed by atoms with E-state index in [0.717, 1.165) is 0 Å². The van der Waals surface area contributed by atoms with E-state index in [2.05, 4.69) is 0 Å². The zero-order valence-corrected chi connectivity index (χ0v) is 18.9. The summed E-state index contributed by atoms with van der Waals surface area (Å²) in [5.41, 5.74) is 0.319. The number of rotatable bonds is 8. The number of nitrogens with zero attached hydrogens (tertiary/aromatic N) is 1. The van der Waals surface area contributed by atoms with Crippen LogP contribution in [-0.2, 0) is 9.53 Å². The van der Waals surface area contributed by atoms with Crippen LogP contribution in [0.5, 0.6) is 0 Å². The number of Topliss-reactive ketones (excluding diaryl/α,β-unsaturated/α-hetero) is 1. The number of carbonyl (C=O) groups is 2. The maximum Gasteiger partial charge on any atom is 0.290 e. The number of benzene rings is 2. The molecule has 1 unspecified atom stereocenters. The van der Waals surface area contributed by atoms with Crippen molar-refractivity contribution in [3.05, 3.63) is 82.0 Å². The second-order valence-electron chi connectivity index (χ2n) is 8.08. The number of amides is 1. The normalized spacial score (nSPS) is 16.5. The molecule has 1 aliphatic heterocycles. The van der Waals surface area contributed by atoms with Crippen molar-refractivity contribution in [1.82, 2.24) is 4.90 Å². The molecule has 0 saturated carbocycles. The summed E-state index contributed by atoms with van der Waals surface area (Å²) >= 11 is 6.02. The van der Waals surface area contributed by atoms with Gasteiger partial charge in [-0.3, -0.25) is 9.59 Å². The van der Waals surface area contributed by atoms with Crippen LogP contribution in [0.2, 0.25) is 5.02 Å². The van der Waals surface area contributed by atoms with Crippen molar-refractivity contribution in [3.63, 3.8) is 0 Å². The third-order valence-electron chi connectivity index (χ3n) is 5.44. The highest BCUT2D eigenvalue weighted by molar-refractivity contribution is 6.31. The molecule has 0 spiro atoms. The van der Waals surface area contributed by atoms with Gasteiger partial charge in [-0.2, -0.15) is 0 Å². The monoisotopic (exact) mass is 471 g/mol. The number of furan rings is 1. The molecule has 0 saturated heterocycles. The molecule has 172 valence electrons. The molecule has 0 aliphatic carbocycles. The van der Waals surface area contributed by atoms with E-state index in [0.29, 0.717) is 29.0 Å². The highest BCUT2D eigenvalue weighted by atomic mass is 35.5. The van der Waals surface area contributed by atoms with E-state index in [1.165, 1.54) is 29.2 Å². The number of carbonyl (C=O) groups excluding carboxylic acids is 2. The number of fused-ring (bicyclic) bond motifs is 1. The van der Waals surface area contributed by atoms with Gasteiger partial charge in [0.25, 0.3) is 5.91 Å². The number of ketones is 1. The van der Waals surface area contributed by atoms with E-state index in [1.54, 1.807) is 24.3 Å². The molecular weight excluding hydrogens is 449 g/mol. The molecule has 0 fully saturated rings. The van der Waals surface area contributed by atoms with Crippen molar-refractivity contribution in [2.75, 3.05) is 13.2 Å². The SMILES string of the molecule is CC(C)OCCCN1C(=O)C(O)=C(C(=O)c2cc3cc(Cl)ccc3o2)C1c1ccccc1F. The Morgan fingerprint density at radius 1 is 1.24 bits per heavy atom. The Hall–Kier alpha value is -3.16. The second kappa shape index (κ2) is 9.37. The first-order valence-corrected chi connectivity index (χ1v) is 11.0. The molecule has 3 aromatic rings. The summed E-state index contributed by atoms with van der Waals surface area (Å²) in [6.07, 6.45) is 0.471. The summed E-state index contributed by atoms with van der Waals surface area (Å²) in [5, 5.41) is 11.8. The van der Waals surface area contributed by atoms with Gasteiger partial charge < -0.3 is 19.2 Å². The highest BCUT2D eigenvalue weighted by Crippen LogP contribution is 2.40.